The number of benzene rings is 2. The average molecular weight is 381 g/mol. The predicted molar refractivity (Wildman–Crippen MR) is 99.7 cm³/mol. The third-order valence-corrected chi connectivity index (χ3v) is 9.29. The van der Waals surface area contributed by atoms with Crippen LogP contribution in [0.15, 0.2) is 70.5 Å². The minimum absolute atomic E-state index is 0.0454. The zero-order chi connectivity index (χ0) is 18.5. The quantitative estimate of drug-likeness (QED) is 0.692. The van der Waals surface area contributed by atoms with E-state index in [0.717, 1.165) is 6.42 Å². The molecule has 0 aliphatic carbocycles. The summed E-state index contributed by atoms with van der Waals surface area (Å²) in [4.78, 5) is 0.0908. The monoisotopic (exact) mass is 380 g/mol. The first-order valence-electron chi connectivity index (χ1n) is 8.34. The van der Waals surface area contributed by atoms with Gasteiger partial charge in [-0.25, -0.2) is 16.8 Å². The third kappa shape index (κ3) is 4.70. The van der Waals surface area contributed by atoms with Gasteiger partial charge in [-0.05, 0) is 36.6 Å². The van der Waals surface area contributed by atoms with Crippen molar-refractivity contribution < 1.29 is 16.8 Å². The topological polar surface area (TPSA) is 68.3 Å². The Labute approximate surface area is 150 Å². The van der Waals surface area contributed by atoms with Gasteiger partial charge in [0, 0.05) is 0 Å². The Balaban J connectivity index is 2.47. The molecule has 0 bridgehead atoms. The highest BCUT2D eigenvalue weighted by Gasteiger charge is 2.39. The van der Waals surface area contributed by atoms with Crippen LogP contribution in [-0.4, -0.2) is 21.4 Å². The molecule has 0 saturated heterocycles. The van der Waals surface area contributed by atoms with Crippen molar-refractivity contribution in [3.63, 3.8) is 0 Å². The summed E-state index contributed by atoms with van der Waals surface area (Å²) in [6.45, 7) is 4.07. The van der Waals surface area contributed by atoms with Crippen LogP contribution in [0.1, 0.15) is 33.1 Å². The van der Waals surface area contributed by atoms with Crippen LogP contribution in [0.2, 0.25) is 0 Å². The van der Waals surface area contributed by atoms with Gasteiger partial charge in [0.15, 0.2) is 24.3 Å². The molecule has 0 atom stereocenters. The number of hydrogen-bond acceptors (Lipinski definition) is 4. The summed E-state index contributed by atoms with van der Waals surface area (Å²) in [5.74, 6) is 0.388. The van der Waals surface area contributed by atoms with Crippen molar-refractivity contribution in [3.05, 3.63) is 60.7 Å². The van der Waals surface area contributed by atoms with Gasteiger partial charge in [-0.15, -0.1) is 0 Å². The molecule has 6 heteroatoms. The molecule has 2 aromatic carbocycles. The molecule has 25 heavy (non-hydrogen) atoms. The highest BCUT2D eigenvalue weighted by molar-refractivity contribution is 8.09. The summed E-state index contributed by atoms with van der Waals surface area (Å²) < 4.78 is 50.7. The van der Waals surface area contributed by atoms with E-state index in [1.807, 2.05) is 13.8 Å². The standard InChI is InChI=1S/C19H24O4S2/c1-16(2)10-9-15-19(24(20,21)17-11-5-3-6-12-17)25(22,23)18-13-7-4-8-14-18/h3-8,11-14,16,19H,9-10,15H2,1-2H3. The molecule has 0 aliphatic heterocycles. The minimum atomic E-state index is -3.99. The third-order valence-electron chi connectivity index (χ3n) is 4.06. The van der Waals surface area contributed by atoms with Gasteiger partial charge in [0.25, 0.3) is 0 Å². The van der Waals surface area contributed by atoms with Crippen LogP contribution in [0, 0.1) is 5.92 Å². The van der Waals surface area contributed by atoms with Gasteiger partial charge in [0.05, 0.1) is 9.79 Å². The molecule has 2 aromatic rings. The van der Waals surface area contributed by atoms with Crippen molar-refractivity contribution in [2.75, 3.05) is 0 Å². The van der Waals surface area contributed by atoms with Crippen LogP contribution in [0.5, 0.6) is 0 Å². The average Bonchev–Trinajstić information content (AvgIpc) is 2.59. The smallest absolute Gasteiger partial charge is 0.195 e. The van der Waals surface area contributed by atoms with E-state index in [1.54, 1.807) is 36.4 Å². The van der Waals surface area contributed by atoms with Crippen LogP contribution in [-0.2, 0) is 19.7 Å². The molecule has 0 aromatic heterocycles. The molecule has 0 N–H and O–H groups in total. The van der Waals surface area contributed by atoms with Gasteiger partial charge in [-0.1, -0.05) is 63.1 Å². The Morgan fingerprint density at radius 2 is 1.08 bits per heavy atom. The Hall–Kier alpha value is -1.66. The van der Waals surface area contributed by atoms with Crippen molar-refractivity contribution in [2.45, 2.75) is 47.5 Å². The normalized spacial score (nSPS) is 12.6. The highest BCUT2D eigenvalue weighted by atomic mass is 32.3. The molecule has 4 nitrogen and oxygen atoms in total. The molecule has 0 heterocycles. The zero-order valence-electron chi connectivity index (χ0n) is 14.5. The molecule has 0 aliphatic rings. The van der Waals surface area contributed by atoms with Crippen LogP contribution >= 0.6 is 0 Å². The number of hydrogen-bond donors (Lipinski definition) is 0. The summed E-state index contributed by atoms with van der Waals surface area (Å²) in [5.41, 5.74) is 0. The summed E-state index contributed by atoms with van der Waals surface area (Å²) in [5, 5.41) is 0. The summed E-state index contributed by atoms with van der Waals surface area (Å²) in [7, 11) is -7.99. The fraction of sp³-hybridized carbons (Fsp3) is 0.368. The number of rotatable bonds is 8. The number of sulfone groups is 2. The fourth-order valence-corrected chi connectivity index (χ4v) is 7.33. The summed E-state index contributed by atoms with van der Waals surface area (Å²) in [6.07, 6.45) is 1.41. The lowest BCUT2D eigenvalue weighted by Crippen LogP contribution is -2.31. The second-order valence-corrected chi connectivity index (χ2v) is 11.0. The Morgan fingerprint density at radius 3 is 1.44 bits per heavy atom. The lowest BCUT2D eigenvalue weighted by atomic mass is 10.1. The molecule has 0 spiro atoms. The Kier molecular flexibility index (Phi) is 6.41. The van der Waals surface area contributed by atoms with E-state index in [1.165, 1.54) is 24.3 Å². The molecular weight excluding hydrogens is 356 g/mol. The largest absolute Gasteiger partial charge is 0.222 e. The van der Waals surface area contributed by atoms with Crippen molar-refractivity contribution in [1.29, 1.82) is 0 Å². The molecule has 0 amide bonds. The first-order chi connectivity index (χ1) is 11.8. The van der Waals surface area contributed by atoms with E-state index in [0.29, 0.717) is 12.3 Å². The lowest BCUT2D eigenvalue weighted by molar-refractivity contribution is 0.526. The highest BCUT2D eigenvalue weighted by Crippen LogP contribution is 2.29. The first-order valence-corrected chi connectivity index (χ1v) is 11.4. The fourth-order valence-electron chi connectivity index (χ4n) is 2.69. The van der Waals surface area contributed by atoms with Crippen molar-refractivity contribution >= 4 is 19.7 Å². The van der Waals surface area contributed by atoms with Crippen LogP contribution < -0.4 is 0 Å². The zero-order valence-corrected chi connectivity index (χ0v) is 16.1. The van der Waals surface area contributed by atoms with E-state index in [4.69, 9.17) is 0 Å². The van der Waals surface area contributed by atoms with Gasteiger partial charge in [0.1, 0.15) is 0 Å². The van der Waals surface area contributed by atoms with Crippen LogP contribution in [0.25, 0.3) is 0 Å². The second-order valence-electron chi connectivity index (χ2n) is 6.47. The SMILES string of the molecule is CC(C)CCCC(S(=O)(=O)c1ccccc1)S(=O)(=O)c1ccccc1. The summed E-state index contributed by atoms with van der Waals surface area (Å²) >= 11 is 0. The van der Waals surface area contributed by atoms with Crippen LogP contribution in [0.4, 0.5) is 0 Å². The molecule has 0 radical (unpaired) electrons. The first kappa shape index (κ1) is 19.7. The van der Waals surface area contributed by atoms with Crippen molar-refractivity contribution in [2.24, 2.45) is 5.92 Å². The van der Waals surface area contributed by atoms with E-state index < -0.39 is 24.3 Å². The van der Waals surface area contributed by atoms with Crippen molar-refractivity contribution in [1.82, 2.24) is 0 Å². The molecule has 0 unspecified atom stereocenters. The summed E-state index contributed by atoms with van der Waals surface area (Å²) in [6, 6.07) is 15.6. The maximum Gasteiger partial charge on any atom is 0.195 e. The lowest BCUT2D eigenvalue weighted by Gasteiger charge is -2.19. The van der Waals surface area contributed by atoms with Gasteiger partial charge in [0.2, 0.25) is 0 Å². The van der Waals surface area contributed by atoms with Gasteiger partial charge in [-0.2, -0.15) is 0 Å². The van der Waals surface area contributed by atoms with E-state index in [-0.39, 0.29) is 16.2 Å². The molecule has 0 saturated carbocycles. The van der Waals surface area contributed by atoms with Gasteiger partial charge in [-0.3, -0.25) is 0 Å². The molecule has 0 fully saturated rings. The maximum atomic E-state index is 13.0. The van der Waals surface area contributed by atoms with Gasteiger partial charge >= 0.3 is 0 Å². The molecule has 2 rings (SSSR count). The second kappa shape index (κ2) is 8.15. The van der Waals surface area contributed by atoms with Crippen LogP contribution in [0.3, 0.4) is 0 Å². The predicted octanol–water partition coefficient (Wildman–Crippen LogP) is 4.09. The Bertz CT molecular complexity index is 802. The van der Waals surface area contributed by atoms with Crippen molar-refractivity contribution in [3.8, 4) is 0 Å². The van der Waals surface area contributed by atoms with E-state index in [9.17, 15) is 16.8 Å². The van der Waals surface area contributed by atoms with E-state index in [2.05, 4.69) is 0 Å². The maximum absolute atomic E-state index is 13.0. The Morgan fingerprint density at radius 1 is 0.680 bits per heavy atom. The van der Waals surface area contributed by atoms with E-state index >= 15 is 0 Å². The molecule has 136 valence electrons. The minimum Gasteiger partial charge on any atom is -0.222 e. The molecular formula is C19H24O4S2. The van der Waals surface area contributed by atoms with Gasteiger partial charge < -0.3 is 0 Å².